The number of carbonyl (C=O) groups excluding carboxylic acids is 1. The molecule has 4 nitrogen and oxygen atoms in total. The summed E-state index contributed by atoms with van der Waals surface area (Å²) < 4.78 is 11.7. The van der Waals surface area contributed by atoms with E-state index in [0.717, 1.165) is 11.1 Å². The quantitative estimate of drug-likeness (QED) is 0.323. The van der Waals surface area contributed by atoms with Gasteiger partial charge in [-0.05, 0) is 29.3 Å². The van der Waals surface area contributed by atoms with E-state index in [1.54, 1.807) is 0 Å². The molecule has 0 aliphatic rings. The molecule has 1 atom stereocenters. The minimum Gasteiger partial charge on any atom is -0.469 e. The number of hydrogen-bond acceptors (Lipinski definition) is 4. The largest absolute Gasteiger partial charge is 0.469 e. The Balaban J connectivity index is 2.43. The lowest BCUT2D eigenvalue weighted by atomic mass is 10.0. The maximum atomic E-state index is 12.2. The zero-order valence-electron chi connectivity index (χ0n) is 17.9. The van der Waals surface area contributed by atoms with Crippen LogP contribution in [0.3, 0.4) is 0 Å². The van der Waals surface area contributed by atoms with Gasteiger partial charge in [0.05, 0.1) is 19.6 Å². The standard InChI is InChI=1S/C23H33NO3Si/c1-23(2,3)28(5,6)27-24(18-19-13-9-7-10-14-19)21(17-22(25)26-4)20-15-11-8-12-16-20/h7-16,21H,17-18H2,1-6H3/t21-/m1/s1. The molecule has 0 aromatic heterocycles. The predicted molar refractivity (Wildman–Crippen MR) is 116 cm³/mol. The van der Waals surface area contributed by atoms with E-state index < -0.39 is 8.32 Å². The van der Waals surface area contributed by atoms with Crippen LogP contribution in [0.4, 0.5) is 0 Å². The van der Waals surface area contributed by atoms with Crippen molar-refractivity contribution in [3.05, 3.63) is 71.8 Å². The van der Waals surface area contributed by atoms with Crippen LogP contribution in [-0.4, -0.2) is 26.5 Å². The summed E-state index contributed by atoms with van der Waals surface area (Å²) in [6.07, 6.45) is 0.238. The third-order valence-electron chi connectivity index (χ3n) is 5.45. The number of ether oxygens (including phenoxy) is 1. The average molecular weight is 400 g/mol. The van der Waals surface area contributed by atoms with E-state index in [4.69, 9.17) is 9.26 Å². The van der Waals surface area contributed by atoms with E-state index in [1.165, 1.54) is 7.11 Å². The molecular formula is C23H33NO3Si. The lowest BCUT2D eigenvalue weighted by molar-refractivity contribution is -0.153. The number of carbonyl (C=O) groups is 1. The van der Waals surface area contributed by atoms with E-state index in [0.29, 0.717) is 6.54 Å². The summed E-state index contributed by atoms with van der Waals surface area (Å²) in [5.41, 5.74) is 2.19. The second kappa shape index (κ2) is 9.50. The molecule has 5 heteroatoms. The van der Waals surface area contributed by atoms with Gasteiger partial charge in [0.15, 0.2) is 0 Å². The molecule has 2 aromatic rings. The van der Waals surface area contributed by atoms with Crippen molar-refractivity contribution in [1.29, 1.82) is 0 Å². The van der Waals surface area contributed by atoms with E-state index in [1.807, 2.05) is 53.6 Å². The number of rotatable bonds is 8. The van der Waals surface area contributed by atoms with Crippen LogP contribution in [0.15, 0.2) is 60.7 Å². The Hall–Kier alpha value is -1.95. The molecule has 152 valence electrons. The third kappa shape index (κ3) is 6.02. The summed E-state index contributed by atoms with van der Waals surface area (Å²) >= 11 is 0. The van der Waals surface area contributed by atoms with Crippen LogP contribution >= 0.6 is 0 Å². The molecule has 0 heterocycles. The molecule has 0 fully saturated rings. The smallest absolute Gasteiger partial charge is 0.307 e. The van der Waals surface area contributed by atoms with Crippen molar-refractivity contribution in [2.45, 2.75) is 57.9 Å². The third-order valence-corrected chi connectivity index (χ3v) is 9.76. The topological polar surface area (TPSA) is 38.8 Å². The van der Waals surface area contributed by atoms with Gasteiger partial charge in [-0.1, -0.05) is 81.4 Å². The van der Waals surface area contributed by atoms with Gasteiger partial charge in [-0.2, -0.15) is 5.06 Å². The maximum Gasteiger partial charge on any atom is 0.307 e. The molecule has 0 N–H and O–H groups in total. The van der Waals surface area contributed by atoms with Gasteiger partial charge in [0.2, 0.25) is 8.32 Å². The summed E-state index contributed by atoms with van der Waals surface area (Å²) in [5.74, 6) is -0.245. The second-order valence-corrected chi connectivity index (χ2v) is 13.3. The van der Waals surface area contributed by atoms with Crippen LogP contribution in [0, 0.1) is 0 Å². The highest BCUT2D eigenvalue weighted by Crippen LogP contribution is 2.39. The highest BCUT2D eigenvalue weighted by Gasteiger charge is 2.41. The Bertz CT molecular complexity index is 741. The number of hydrogen-bond donors (Lipinski definition) is 0. The minimum absolute atomic E-state index is 0.0500. The molecule has 2 rings (SSSR count). The molecule has 0 unspecified atom stereocenters. The predicted octanol–water partition coefficient (Wildman–Crippen LogP) is 5.73. The Morgan fingerprint density at radius 1 is 1.00 bits per heavy atom. The molecular weight excluding hydrogens is 366 g/mol. The normalized spacial score (nSPS) is 13.4. The molecule has 0 spiro atoms. The molecule has 28 heavy (non-hydrogen) atoms. The number of nitrogens with zero attached hydrogens (tertiary/aromatic N) is 1. The van der Waals surface area contributed by atoms with Crippen molar-refractivity contribution >= 4 is 14.3 Å². The zero-order chi connectivity index (χ0) is 20.8. The van der Waals surface area contributed by atoms with Gasteiger partial charge in [-0.15, -0.1) is 0 Å². The van der Waals surface area contributed by atoms with Crippen LogP contribution in [0.25, 0.3) is 0 Å². The fourth-order valence-electron chi connectivity index (χ4n) is 2.70. The lowest BCUT2D eigenvalue weighted by Gasteiger charge is -2.42. The maximum absolute atomic E-state index is 12.2. The number of benzene rings is 2. The van der Waals surface area contributed by atoms with Crippen molar-refractivity contribution in [3.8, 4) is 0 Å². The van der Waals surface area contributed by atoms with Crippen LogP contribution in [0.1, 0.15) is 44.4 Å². The van der Waals surface area contributed by atoms with Gasteiger partial charge in [-0.3, -0.25) is 4.79 Å². The molecule has 0 radical (unpaired) electrons. The van der Waals surface area contributed by atoms with Gasteiger partial charge in [-0.25, -0.2) is 0 Å². The number of esters is 1. The summed E-state index contributed by atoms with van der Waals surface area (Å²) in [5, 5.41) is 2.05. The summed E-state index contributed by atoms with van der Waals surface area (Å²) in [7, 11) is -0.674. The molecule has 0 amide bonds. The van der Waals surface area contributed by atoms with Gasteiger partial charge >= 0.3 is 5.97 Å². The summed E-state index contributed by atoms with van der Waals surface area (Å²) in [6.45, 7) is 11.7. The molecule has 0 aliphatic carbocycles. The molecule has 0 aliphatic heterocycles. The van der Waals surface area contributed by atoms with Gasteiger partial charge in [0, 0.05) is 6.54 Å². The summed E-state index contributed by atoms with van der Waals surface area (Å²) in [4.78, 5) is 12.2. The van der Waals surface area contributed by atoms with Gasteiger partial charge in [0.1, 0.15) is 0 Å². The Kier molecular flexibility index (Phi) is 7.58. The molecule has 2 aromatic carbocycles. The van der Waals surface area contributed by atoms with Crippen LogP contribution in [0.5, 0.6) is 0 Å². The van der Waals surface area contributed by atoms with E-state index in [2.05, 4.69) is 46.0 Å². The minimum atomic E-state index is -2.10. The Morgan fingerprint density at radius 2 is 1.54 bits per heavy atom. The average Bonchev–Trinajstić information content (AvgIpc) is 2.66. The van der Waals surface area contributed by atoms with E-state index in [-0.39, 0.29) is 23.5 Å². The SMILES string of the molecule is COC(=O)C[C@H](c1ccccc1)N(Cc1ccccc1)O[Si](C)(C)C(C)(C)C. The Morgan fingerprint density at radius 3 is 2.04 bits per heavy atom. The van der Waals surface area contributed by atoms with Crippen molar-refractivity contribution in [3.63, 3.8) is 0 Å². The van der Waals surface area contributed by atoms with Gasteiger partial charge in [0.25, 0.3) is 0 Å². The van der Waals surface area contributed by atoms with Crippen molar-refractivity contribution in [2.75, 3.05) is 7.11 Å². The molecule has 0 saturated heterocycles. The van der Waals surface area contributed by atoms with Crippen LogP contribution < -0.4 is 0 Å². The van der Waals surface area contributed by atoms with Crippen molar-refractivity contribution < 1.29 is 14.1 Å². The first kappa shape index (κ1) is 22.3. The first-order valence-electron chi connectivity index (χ1n) is 9.75. The summed E-state index contributed by atoms with van der Waals surface area (Å²) in [6, 6.07) is 20.1. The van der Waals surface area contributed by atoms with E-state index >= 15 is 0 Å². The van der Waals surface area contributed by atoms with Crippen molar-refractivity contribution in [2.24, 2.45) is 0 Å². The first-order chi connectivity index (χ1) is 13.1. The fraction of sp³-hybridized carbons (Fsp3) is 0.435. The lowest BCUT2D eigenvalue weighted by Crippen LogP contribution is -2.47. The van der Waals surface area contributed by atoms with Crippen LogP contribution in [0.2, 0.25) is 18.1 Å². The molecule has 0 bridgehead atoms. The van der Waals surface area contributed by atoms with Gasteiger partial charge < -0.3 is 9.26 Å². The monoisotopic (exact) mass is 399 g/mol. The number of methoxy groups -OCH3 is 1. The van der Waals surface area contributed by atoms with E-state index in [9.17, 15) is 4.79 Å². The first-order valence-corrected chi connectivity index (χ1v) is 12.7. The number of hydroxylamine groups is 2. The van der Waals surface area contributed by atoms with Crippen molar-refractivity contribution in [1.82, 2.24) is 5.06 Å². The fourth-order valence-corrected chi connectivity index (χ4v) is 3.75. The highest BCUT2D eigenvalue weighted by atomic mass is 28.4. The van der Waals surface area contributed by atoms with Crippen LogP contribution in [-0.2, 0) is 20.6 Å². The second-order valence-electron chi connectivity index (χ2n) is 8.62. The molecule has 0 saturated carbocycles. The Labute approximate surface area is 170 Å². The zero-order valence-corrected chi connectivity index (χ0v) is 18.9. The highest BCUT2D eigenvalue weighted by molar-refractivity contribution is 6.74.